The molecule has 1 aliphatic heterocycles. The Labute approximate surface area is 156 Å². The fourth-order valence-corrected chi connectivity index (χ4v) is 3.42. The van der Waals surface area contributed by atoms with Crippen molar-refractivity contribution >= 4 is 23.1 Å². The molecule has 0 aromatic heterocycles. The first-order valence-electron chi connectivity index (χ1n) is 9.02. The van der Waals surface area contributed by atoms with Crippen LogP contribution in [-0.4, -0.2) is 28.9 Å². The summed E-state index contributed by atoms with van der Waals surface area (Å²) in [4.78, 5) is 14.3. The molecule has 0 amide bonds. The van der Waals surface area contributed by atoms with Gasteiger partial charge in [-0.1, -0.05) is 32.4 Å². The highest BCUT2D eigenvalue weighted by atomic mass is 32.1. The van der Waals surface area contributed by atoms with E-state index < -0.39 is 0 Å². The lowest BCUT2D eigenvalue weighted by Crippen LogP contribution is -2.47. The molecule has 5 heteroatoms. The van der Waals surface area contributed by atoms with Crippen LogP contribution in [0.15, 0.2) is 35.5 Å². The zero-order chi connectivity index (χ0) is 18.4. The number of carbonyl (C=O) groups excluding carboxylic acids is 1. The first-order chi connectivity index (χ1) is 12.0. The molecule has 0 saturated carbocycles. The van der Waals surface area contributed by atoms with Crippen molar-refractivity contribution in [3.63, 3.8) is 0 Å². The van der Waals surface area contributed by atoms with Crippen LogP contribution >= 0.6 is 12.2 Å². The summed E-state index contributed by atoms with van der Waals surface area (Å²) in [6.45, 7) is 9.39. The summed E-state index contributed by atoms with van der Waals surface area (Å²) in [7, 11) is 0. The third kappa shape index (κ3) is 4.60. The fourth-order valence-electron chi connectivity index (χ4n) is 3.07. The molecule has 0 saturated heterocycles. The minimum Gasteiger partial charge on any atom is -0.494 e. The second kappa shape index (κ2) is 8.99. The molecule has 0 spiro atoms. The second-order valence-electron chi connectivity index (χ2n) is 6.36. The number of ketones is 1. The summed E-state index contributed by atoms with van der Waals surface area (Å²) in [5.41, 5.74) is 2.75. The number of unbranched alkanes of at least 4 members (excludes halogenated alkanes) is 1. The van der Waals surface area contributed by atoms with Gasteiger partial charge in [-0.3, -0.25) is 4.79 Å². The Morgan fingerprint density at radius 3 is 2.48 bits per heavy atom. The first-order valence-corrected chi connectivity index (χ1v) is 9.42. The monoisotopic (exact) mass is 360 g/mol. The third-order valence-corrected chi connectivity index (χ3v) is 4.74. The SMILES string of the molecule is CCCCOc1ccc(C2NC(=S)N(CCC)C(C)=C2C(C)=O)cc1. The van der Waals surface area contributed by atoms with Gasteiger partial charge in [0.1, 0.15) is 5.75 Å². The lowest BCUT2D eigenvalue weighted by Gasteiger charge is -2.37. The number of nitrogens with one attached hydrogen (secondary N) is 1. The van der Waals surface area contributed by atoms with Crippen LogP contribution in [0, 0.1) is 0 Å². The van der Waals surface area contributed by atoms with E-state index in [4.69, 9.17) is 17.0 Å². The van der Waals surface area contributed by atoms with Crippen LogP contribution in [0.4, 0.5) is 0 Å². The molecule has 25 heavy (non-hydrogen) atoms. The zero-order valence-corrected chi connectivity index (χ0v) is 16.4. The predicted molar refractivity (Wildman–Crippen MR) is 106 cm³/mol. The molecule has 4 nitrogen and oxygen atoms in total. The lowest BCUT2D eigenvalue weighted by molar-refractivity contribution is -0.114. The number of rotatable bonds is 8. The minimum absolute atomic E-state index is 0.0712. The van der Waals surface area contributed by atoms with E-state index in [1.54, 1.807) is 6.92 Å². The van der Waals surface area contributed by atoms with Gasteiger partial charge in [-0.15, -0.1) is 0 Å². The Bertz CT molecular complexity index is 652. The predicted octanol–water partition coefficient (Wildman–Crippen LogP) is 4.37. The standard InChI is InChI=1S/C20H28N2O2S/c1-5-7-13-24-17-10-8-16(9-11-17)19-18(15(4)23)14(3)22(12-6-2)20(25)21-19/h8-11,19H,5-7,12-13H2,1-4H3,(H,21,25). The Balaban J connectivity index is 2.27. The molecule has 1 aromatic rings. The Kier molecular flexibility index (Phi) is 7.00. The van der Waals surface area contributed by atoms with E-state index in [1.807, 2.05) is 36.1 Å². The molecule has 0 bridgehead atoms. The third-order valence-electron chi connectivity index (χ3n) is 4.40. The molecule has 1 atom stereocenters. The molecule has 136 valence electrons. The molecule has 1 unspecified atom stereocenters. The summed E-state index contributed by atoms with van der Waals surface area (Å²) >= 11 is 5.53. The van der Waals surface area contributed by atoms with E-state index in [2.05, 4.69) is 19.2 Å². The zero-order valence-electron chi connectivity index (χ0n) is 15.6. The Morgan fingerprint density at radius 1 is 1.24 bits per heavy atom. The number of hydrogen-bond acceptors (Lipinski definition) is 3. The molecule has 0 radical (unpaired) electrons. The maximum Gasteiger partial charge on any atom is 0.173 e. The molecule has 0 fully saturated rings. The topological polar surface area (TPSA) is 41.6 Å². The van der Waals surface area contributed by atoms with Crippen molar-refractivity contribution in [1.29, 1.82) is 0 Å². The number of ether oxygens (including phenoxy) is 1. The summed E-state index contributed by atoms with van der Waals surface area (Å²) < 4.78 is 5.72. The molecular weight excluding hydrogens is 332 g/mol. The van der Waals surface area contributed by atoms with Crippen molar-refractivity contribution in [2.75, 3.05) is 13.2 Å². The van der Waals surface area contributed by atoms with E-state index in [1.165, 1.54) is 0 Å². The van der Waals surface area contributed by atoms with E-state index in [0.717, 1.165) is 55.0 Å². The number of benzene rings is 1. The van der Waals surface area contributed by atoms with Crippen LogP contribution in [-0.2, 0) is 4.79 Å². The van der Waals surface area contributed by atoms with Crippen LogP contribution in [0.1, 0.15) is 58.6 Å². The van der Waals surface area contributed by atoms with Gasteiger partial charge in [0.2, 0.25) is 0 Å². The van der Waals surface area contributed by atoms with Crippen LogP contribution in [0.3, 0.4) is 0 Å². The van der Waals surface area contributed by atoms with Gasteiger partial charge in [0.25, 0.3) is 0 Å². The maximum atomic E-state index is 12.3. The highest BCUT2D eigenvalue weighted by Crippen LogP contribution is 2.32. The average molecular weight is 361 g/mol. The molecule has 1 N–H and O–H groups in total. The maximum absolute atomic E-state index is 12.3. The van der Waals surface area contributed by atoms with Gasteiger partial charge in [0.15, 0.2) is 10.9 Å². The highest BCUT2D eigenvalue weighted by molar-refractivity contribution is 7.80. The highest BCUT2D eigenvalue weighted by Gasteiger charge is 2.31. The quantitative estimate of drug-likeness (QED) is 0.551. The number of Topliss-reactive ketones (excluding diaryl/α,β-unsaturated/α-hetero) is 1. The number of thiocarbonyl (C=S) groups is 1. The van der Waals surface area contributed by atoms with Gasteiger partial charge in [-0.25, -0.2) is 0 Å². The molecule has 0 aliphatic carbocycles. The molecular formula is C20H28N2O2S. The van der Waals surface area contributed by atoms with E-state index >= 15 is 0 Å². The second-order valence-corrected chi connectivity index (χ2v) is 6.75. The van der Waals surface area contributed by atoms with Crippen molar-refractivity contribution < 1.29 is 9.53 Å². The lowest BCUT2D eigenvalue weighted by atomic mass is 9.92. The summed E-state index contributed by atoms with van der Waals surface area (Å²) in [5, 5.41) is 4.02. The van der Waals surface area contributed by atoms with Gasteiger partial charge in [0.05, 0.1) is 12.6 Å². The number of allylic oxidation sites excluding steroid dienone is 1. The van der Waals surface area contributed by atoms with Gasteiger partial charge < -0.3 is 15.0 Å². The molecule has 1 aromatic carbocycles. The van der Waals surface area contributed by atoms with E-state index in [-0.39, 0.29) is 11.8 Å². The molecule has 1 heterocycles. The normalized spacial score (nSPS) is 17.5. The van der Waals surface area contributed by atoms with E-state index in [0.29, 0.717) is 5.11 Å². The molecule has 1 aliphatic rings. The van der Waals surface area contributed by atoms with Gasteiger partial charge in [0, 0.05) is 17.8 Å². The van der Waals surface area contributed by atoms with Gasteiger partial charge >= 0.3 is 0 Å². The Morgan fingerprint density at radius 2 is 1.92 bits per heavy atom. The van der Waals surface area contributed by atoms with Crippen LogP contribution in [0.2, 0.25) is 0 Å². The first kappa shape index (κ1) is 19.4. The summed E-state index contributed by atoms with van der Waals surface area (Å²) in [6.07, 6.45) is 3.13. The van der Waals surface area contributed by atoms with E-state index in [9.17, 15) is 4.79 Å². The number of hydrogen-bond donors (Lipinski definition) is 1. The van der Waals surface area contributed by atoms with Crippen molar-refractivity contribution in [1.82, 2.24) is 10.2 Å². The van der Waals surface area contributed by atoms with Crippen molar-refractivity contribution in [3.8, 4) is 5.75 Å². The van der Waals surface area contributed by atoms with Crippen molar-refractivity contribution in [2.24, 2.45) is 0 Å². The smallest absolute Gasteiger partial charge is 0.173 e. The van der Waals surface area contributed by atoms with Crippen molar-refractivity contribution in [3.05, 3.63) is 41.1 Å². The Hall–Kier alpha value is -1.88. The number of nitrogens with zero attached hydrogens (tertiary/aromatic N) is 1. The fraction of sp³-hybridized carbons (Fsp3) is 0.500. The molecule has 2 rings (SSSR count). The van der Waals surface area contributed by atoms with Crippen molar-refractivity contribution in [2.45, 2.75) is 53.0 Å². The van der Waals surface area contributed by atoms with Crippen LogP contribution < -0.4 is 10.1 Å². The van der Waals surface area contributed by atoms with Crippen LogP contribution in [0.25, 0.3) is 0 Å². The van der Waals surface area contributed by atoms with Gasteiger partial charge in [-0.2, -0.15) is 0 Å². The minimum atomic E-state index is -0.206. The average Bonchev–Trinajstić information content (AvgIpc) is 2.58. The van der Waals surface area contributed by atoms with Gasteiger partial charge in [-0.05, 0) is 56.6 Å². The largest absolute Gasteiger partial charge is 0.494 e. The summed E-state index contributed by atoms with van der Waals surface area (Å²) in [5.74, 6) is 0.926. The summed E-state index contributed by atoms with van der Waals surface area (Å²) in [6, 6.07) is 7.73. The van der Waals surface area contributed by atoms with Crippen LogP contribution in [0.5, 0.6) is 5.75 Å². The number of carbonyl (C=O) groups is 1.